The molecule has 5 nitrogen and oxygen atoms in total. The summed E-state index contributed by atoms with van der Waals surface area (Å²) in [4.78, 5) is 2.28. The number of benzene rings is 1. The third kappa shape index (κ3) is 3.66. The largest absolute Gasteiger partial charge is 0.490 e. The van der Waals surface area contributed by atoms with Gasteiger partial charge in [0.15, 0.2) is 5.82 Å². The van der Waals surface area contributed by atoms with Gasteiger partial charge in [-0.3, -0.25) is 0 Å². The van der Waals surface area contributed by atoms with Gasteiger partial charge in [0, 0.05) is 37.5 Å². The Morgan fingerprint density at radius 2 is 1.97 bits per heavy atom. The molecule has 3 aromatic rings. The van der Waals surface area contributed by atoms with E-state index in [1.165, 1.54) is 12.0 Å². The molecule has 152 valence electrons. The Hall–Kier alpha value is -2.70. The zero-order valence-corrected chi connectivity index (χ0v) is 16.2. The SMILES string of the molecule is FC(F)Cn1ccc2c(OC3CCN(c4cc5c(nn4)CCC5)CC3)cccc21. The summed E-state index contributed by atoms with van der Waals surface area (Å²) in [6, 6.07) is 9.72. The van der Waals surface area contributed by atoms with E-state index in [0.717, 1.165) is 66.9 Å². The Labute approximate surface area is 168 Å². The number of anilines is 1. The van der Waals surface area contributed by atoms with E-state index in [9.17, 15) is 8.78 Å². The maximum absolute atomic E-state index is 12.8. The molecule has 0 radical (unpaired) electrons. The minimum absolute atomic E-state index is 0.109. The third-order valence-electron chi connectivity index (χ3n) is 5.97. The second kappa shape index (κ2) is 7.61. The molecule has 2 aromatic heterocycles. The number of fused-ring (bicyclic) bond motifs is 2. The maximum Gasteiger partial charge on any atom is 0.256 e. The summed E-state index contributed by atoms with van der Waals surface area (Å²) < 4.78 is 33.4. The molecular formula is C22H24F2N4O. The lowest BCUT2D eigenvalue weighted by Gasteiger charge is -2.33. The van der Waals surface area contributed by atoms with Gasteiger partial charge >= 0.3 is 0 Å². The van der Waals surface area contributed by atoms with Crippen molar-refractivity contribution in [2.75, 3.05) is 18.0 Å². The first kappa shape index (κ1) is 18.3. The maximum atomic E-state index is 12.8. The monoisotopic (exact) mass is 398 g/mol. The fourth-order valence-electron chi connectivity index (χ4n) is 4.46. The van der Waals surface area contributed by atoms with Crippen molar-refractivity contribution >= 4 is 16.7 Å². The van der Waals surface area contributed by atoms with Crippen LogP contribution < -0.4 is 9.64 Å². The van der Waals surface area contributed by atoms with Gasteiger partial charge in [-0.1, -0.05) is 6.07 Å². The molecule has 0 bridgehead atoms. The van der Waals surface area contributed by atoms with E-state index in [4.69, 9.17) is 4.74 Å². The van der Waals surface area contributed by atoms with Crippen LogP contribution in [0.5, 0.6) is 5.75 Å². The quantitative estimate of drug-likeness (QED) is 0.645. The number of halogens is 2. The van der Waals surface area contributed by atoms with Crippen LogP contribution in [0, 0.1) is 0 Å². The van der Waals surface area contributed by atoms with Crippen molar-refractivity contribution in [3.05, 3.63) is 47.8 Å². The third-order valence-corrected chi connectivity index (χ3v) is 5.97. The van der Waals surface area contributed by atoms with Gasteiger partial charge in [0.1, 0.15) is 11.9 Å². The van der Waals surface area contributed by atoms with Crippen molar-refractivity contribution in [1.82, 2.24) is 14.8 Å². The fraction of sp³-hybridized carbons (Fsp3) is 0.455. The molecule has 1 aliphatic heterocycles. The molecule has 0 amide bonds. The molecule has 0 saturated carbocycles. The minimum Gasteiger partial charge on any atom is -0.490 e. The normalized spacial score (nSPS) is 17.3. The zero-order valence-electron chi connectivity index (χ0n) is 16.2. The first-order chi connectivity index (χ1) is 14.2. The van der Waals surface area contributed by atoms with Gasteiger partial charge in [0.25, 0.3) is 6.43 Å². The average molecular weight is 398 g/mol. The second-order valence-corrected chi connectivity index (χ2v) is 7.88. The number of alkyl halides is 2. The van der Waals surface area contributed by atoms with Crippen molar-refractivity contribution in [3.8, 4) is 5.75 Å². The Balaban J connectivity index is 1.26. The van der Waals surface area contributed by atoms with Crippen LogP contribution in [0.1, 0.15) is 30.5 Å². The summed E-state index contributed by atoms with van der Waals surface area (Å²) >= 11 is 0. The Morgan fingerprint density at radius 1 is 1.10 bits per heavy atom. The first-order valence-corrected chi connectivity index (χ1v) is 10.3. The van der Waals surface area contributed by atoms with Crippen LogP contribution in [0.4, 0.5) is 14.6 Å². The summed E-state index contributed by atoms with van der Waals surface area (Å²) in [5.74, 6) is 1.74. The first-order valence-electron chi connectivity index (χ1n) is 10.3. The van der Waals surface area contributed by atoms with E-state index >= 15 is 0 Å². The Bertz CT molecular complexity index is 1010. The number of aromatic nitrogens is 3. The van der Waals surface area contributed by atoms with Crippen molar-refractivity contribution in [1.29, 1.82) is 0 Å². The molecular weight excluding hydrogens is 374 g/mol. The average Bonchev–Trinajstić information content (AvgIpc) is 3.35. The lowest BCUT2D eigenvalue weighted by atomic mass is 10.1. The smallest absolute Gasteiger partial charge is 0.256 e. The van der Waals surface area contributed by atoms with Crippen molar-refractivity contribution in [2.45, 2.75) is 51.2 Å². The van der Waals surface area contributed by atoms with Crippen LogP contribution in [0.2, 0.25) is 0 Å². The molecule has 29 heavy (non-hydrogen) atoms. The standard InChI is InChI=1S/C22H24F2N4O/c23-21(24)14-28-12-9-17-19(28)5-2-6-20(17)29-16-7-10-27(11-8-16)22-13-15-3-1-4-18(15)25-26-22/h2,5-6,9,12-13,16,21H,1,3-4,7-8,10-11,14H2. The molecule has 0 spiro atoms. The summed E-state index contributed by atoms with van der Waals surface area (Å²) in [7, 11) is 0. The topological polar surface area (TPSA) is 43.2 Å². The predicted molar refractivity (Wildman–Crippen MR) is 108 cm³/mol. The van der Waals surface area contributed by atoms with E-state index in [0.29, 0.717) is 0 Å². The van der Waals surface area contributed by atoms with Crippen LogP contribution in [0.15, 0.2) is 36.5 Å². The number of rotatable bonds is 5. The molecule has 1 aliphatic carbocycles. The van der Waals surface area contributed by atoms with Gasteiger partial charge < -0.3 is 14.2 Å². The molecule has 0 atom stereocenters. The molecule has 2 aliphatic rings. The van der Waals surface area contributed by atoms with E-state index in [2.05, 4.69) is 21.2 Å². The molecule has 0 unspecified atom stereocenters. The highest BCUT2D eigenvalue weighted by molar-refractivity contribution is 5.86. The van der Waals surface area contributed by atoms with E-state index in [1.54, 1.807) is 10.8 Å². The molecule has 1 saturated heterocycles. The van der Waals surface area contributed by atoms with Crippen LogP contribution in [0.25, 0.3) is 10.9 Å². The highest BCUT2D eigenvalue weighted by Gasteiger charge is 2.24. The predicted octanol–water partition coefficient (Wildman–Crippen LogP) is 4.23. The lowest BCUT2D eigenvalue weighted by molar-refractivity contribution is 0.128. The number of hydrogen-bond acceptors (Lipinski definition) is 4. The number of hydrogen-bond donors (Lipinski definition) is 0. The number of aryl methyl sites for hydroxylation is 2. The van der Waals surface area contributed by atoms with Crippen molar-refractivity contribution in [2.24, 2.45) is 0 Å². The minimum atomic E-state index is -2.37. The number of ether oxygens (including phenoxy) is 1. The molecule has 1 fully saturated rings. The highest BCUT2D eigenvalue weighted by Crippen LogP contribution is 2.30. The van der Waals surface area contributed by atoms with Crippen LogP contribution in [-0.2, 0) is 19.4 Å². The van der Waals surface area contributed by atoms with Gasteiger partial charge in [-0.15, -0.1) is 5.10 Å². The summed E-state index contributed by atoms with van der Waals surface area (Å²) in [5, 5.41) is 9.71. The Morgan fingerprint density at radius 3 is 2.79 bits per heavy atom. The van der Waals surface area contributed by atoms with E-state index in [1.807, 2.05) is 24.3 Å². The Kier molecular flexibility index (Phi) is 4.81. The zero-order chi connectivity index (χ0) is 19.8. The van der Waals surface area contributed by atoms with Gasteiger partial charge in [-0.2, -0.15) is 5.10 Å². The fourth-order valence-corrected chi connectivity index (χ4v) is 4.46. The number of nitrogens with zero attached hydrogens (tertiary/aromatic N) is 4. The van der Waals surface area contributed by atoms with Gasteiger partial charge in [-0.25, -0.2) is 8.78 Å². The summed E-state index contributed by atoms with van der Waals surface area (Å²) in [6.45, 7) is 1.45. The molecule has 5 rings (SSSR count). The van der Waals surface area contributed by atoms with Crippen molar-refractivity contribution in [3.63, 3.8) is 0 Å². The molecule has 0 N–H and O–H groups in total. The lowest BCUT2D eigenvalue weighted by Crippen LogP contribution is -2.38. The summed E-state index contributed by atoms with van der Waals surface area (Å²) in [6.07, 6.45) is 4.56. The van der Waals surface area contributed by atoms with E-state index < -0.39 is 6.43 Å². The van der Waals surface area contributed by atoms with Crippen LogP contribution >= 0.6 is 0 Å². The van der Waals surface area contributed by atoms with Crippen LogP contribution in [0.3, 0.4) is 0 Å². The second-order valence-electron chi connectivity index (χ2n) is 7.88. The van der Waals surface area contributed by atoms with Crippen LogP contribution in [-0.4, -0.2) is 40.4 Å². The molecule has 7 heteroatoms. The highest BCUT2D eigenvalue weighted by atomic mass is 19.3. The van der Waals surface area contributed by atoms with E-state index in [-0.39, 0.29) is 12.6 Å². The molecule has 1 aromatic carbocycles. The molecule has 3 heterocycles. The number of piperidine rings is 1. The van der Waals surface area contributed by atoms with Gasteiger partial charge in [0.05, 0.1) is 17.8 Å². The van der Waals surface area contributed by atoms with Gasteiger partial charge in [0.2, 0.25) is 0 Å². The summed E-state index contributed by atoms with van der Waals surface area (Å²) in [5.41, 5.74) is 3.28. The van der Waals surface area contributed by atoms with Gasteiger partial charge in [-0.05, 0) is 49.1 Å². The van der Waals surface area contributed by atoms with Crippen molar-refractivity contribution < 1.29 is 13.5 Å².